The van der Waals surface area contributed by atoms with E-state index < -0.39 is 22.8 Å². The van der Waals surface area contributed by atoms with Gasteiger partial charge in [-0.05, 0) is 18.8 Å². The number of nitrogens with one attached hydrogen (secondary N) is 1. The maximum Gasteiger partial charge on any atom is 0.320 e. The lowest BCUT2D eigenvalue weighted by molar-refractivity contribution is -0.140. The van der Waals surface area contributed by atoms with E-state index in [2.05, 4.69) is 5.32 Å². The number of rotatable bonds is 4. The first-order chi connectivity index (χ1) is 7.00. The SMILES string of the molecule is CC(C)C(NC1CCS(=O)CC1)C(=O)O. The van der Waals surface area contributed by atoms with Crippen LogP contribution < -0.4 is 5.32 Å². The average Bonchev–Trinajstić information content (AvgIpc) is 2.15. The van der Waals surface area contributed by atoms with E-state index >= 15 is 0 Å². The molecule has 0 radical (unpaired) electrons. The summed E-state index contributed by atoms with van der Waals surface area (Å²) < 4.78 is 11.1. The first-order valence-corrected chi connectivity index (χ1v) is 6.83. The van der Waals surface area contributed by atoms with Gasteiger partial charge in [0.15, 0.2) is 0 Å². The van der Waals surface area contributed by atoms with Crippen molar-refractivity contribution in [3.8, 4) is 0 Å². The molecule has 1 atom stereocenters. The van der Waals surface area contributed by atoms with Gasteiger partial charge in [-0.2, -0.15) is 0 Å². The summed E-state index contributed by atoms with van der Waals surface area (Å²) in [5.41, 5.74) is 0. The second-order valence-electron chi connectivity index (χ2n) is 4.35. The summed E-state index contributed by atoms with van der Waals surface area (Å²) in [5.74, 6) is 0.677. The topological polar surface area (TPSA) is 66.4 Å². The maximum atomic E-state index is 11.1. The largest absolute Gasteiger partial charge is 0.480 e. The lowest BCUT2D eigenvalue weighted by Gasteiger charge is -2.27. The zero-order valence-corrected chi connectivity index (χ0v) is 10.0. The number of carbonyl (C=O) groups is 1. The molecular weight excluding hydrogens is 214 g/mol. The summed E-state index contributed by atoms with van der Waals surface area (Å²) >= 11 is 0. The summed E-state index contributed by atoms with van der Waals surface area (Å²) in [4.78, 5) is 11.0. The van der Waals surface area contributed by atoms with Crippen LogP contribution in [0.15, 0.2) is 0 Å². The molecule has 0 aromatic carbocycles. The molecule has 0 aromatic heterocycles. The quantitative estimate of drug-likeness (QED) is 0.746. The van der Waals surface area contributed by atoms with E-state index in [1.807, 2.05) is 13.8 Å². The number of carboxylic acids is 1. The van der Waals surface area contributed by atoms with Crippen molar-refractivity contribution in [1.82, 2.24) is 5.32 Å². The predicted octanol–water partition coefficient (Wildman–Crippen LogP) is 0.596. The monoisotopic (exact) mass is 233 g/mol. The smallest absolute Gasteiger partial charge is 0.320 e. The van der Waals surface area contributed by atoms with Crippen LogP contribution in [0.25, 0.3) is 0 Å². The Morgan fingerprint density at radius 3 is 2.33 bits per heavy atom. The second-order valence-corrected chi connectivity index (χ2v) is 6.05. The molecule has 1 unspecified atom stereocenters. The van der Waals surface area contributed by atoms with Crippen LogP contribution in [0.5, 0.6) is 0 Å². The number of hydrogen-bond donors (Lipinski definition) is 2. The highest BCUT2D eigenvalue weighted by Crippen LogP contribution is 2.12. The van der Waals surface area contributed by atoms with Crippen molar-refractivity contribution < 1.29 is 14.1 Å². The Bertz CT molecular complexity index is 245. The number of aliphatic carboxylic acids is 1. The Labute approximate surface area is 92.9 Å². The third kappa shape index (κ3) is 3.91. The van der Waals surface area contributed by atoms with E-state index in [-0.39, 0.29) is 12.0 Å². The number of hydrogen-bond acceptors (Lipinski definition) is 3. The van der Waals surface area contributed by atoms with Crippen LogP contribution in [0.3, 0.4) is 0 Å². The van der Waals surface area contributed by atoms with Crippen molar-refractivity contribution in [2.75, 3.05) is 11.5 Å². The van der Waals surface area contributed by atoms with Gasteiger partial charge >= 0.3 is 5.97 Å². The zero-order chi connectivity index (χ0) is 11.4. The van der Waals surface area contributed by atoms with Gasteiger partial charge in [0.1, 0.15) is 6.04 Å². The van der Waals surface area contributed by atoms with Crippen LogP contribution in [-0.4, -0.2) is 38.9 Å². The van der Waals surface area contributed by atoms with Crippen LogP contribution in [0.1, 0.15) is 26.7 Å². The lowest BCUT2D eigenvalue weighted by atomic mass is 10.0. The maximum absolute atomic E-state index is 11.1. The van der Waals surface area contributed by atoms with Gasteiger partial charge in [-0.25, -0.2) is 0 Å². The molecule has 4 nitrogen and oxygen atoms in total. The Morgan fingerprint density at radius 2 is 1.93 bits per heavy atom. The van der Waals surface area contributed by atoms with Gasteiger partial charge in [-0.1, -0.05) is 13.8 Å². The highest BCUT2D eigenvalue weighted by Gasteiger charge is 2.26. The minimum Gasteiger partial charge on any atom is -0.480 e. The molecule has 1 rings (SSSR count). The summed E-state index contributed by atoms with van der Waals surface area (Å²) in [7, 11) is -0.685. The fourth-order valence-corrected chi connectivity index (χ4v) is 3.06. The molecule has 1 heterocycles. The van der Waals surface area contributed by atoms with Crippen molar-refractivity contribution in [2.24, 2.45) is 5.92 Å². The molecular formula is C10H19NO3S. The predicted molar refractivity (Wildman–Crippen MR) is 60.3 cm³/mol. The van der Waals surface area contributed by atoms with Crippen LogP contribution in [0.2, 0.25) is 0 Å². The highest BCUT2D eigenvalue weighted by molar-refractivity contribution is 7.85. The van der Waals surface area contributed by atoms with E-state index in [0.717, 1.165) is 12.8 Å². The summed E-state index contributed by atoms with van der Waals surface area (Å²) in [6.07, 6.45) is 1.65. The fourth-order valence-electron chi connectivity index (χ4n) is 1.76. The molecule has 1 aliphatic heterocycles. The molecule has 0 aliphatic carbocycles. The molecule has 1 aliphatic rings. The Morgan fingerprint density at radius 1 is 1.40 bits per heavy atom. The molecule has 88 valence electrons. The Kier molecular flexibility index (Phi) is 4.73. The Balaban J connectivity index is 2.45. The summed E-state index contributed by atoms with van der Waals surface area (Å²) in [6.45, 7) is 3.79. The Hall–Kier alpha value is -0.420. The van der Waals surface area contributed by atoms with Gasteiger partial charge in [0.2, 0.25) is 0 Å². The van der Waals surface area contributed by atoms with Gasteiger partial charge < -0.3 is 10.4 Å². The van der Waals surface area contributed by atoms with E-state index in [1.54, 1.807) is 0 Å². The standard InChI is InChI=1S/C10H19NO3S/c1-7(2)9(10(12)13)11-8-3-5-15(14)6-4-8/h7-9,11H,3-6H2,1-2H3,(H,12,13). The average molecular weight is 233 g/mol. The highest BCUT2D eigenvalue weighted by atomic mass is 32.2. The van der Waals surface area contributed by atoms with Crippen LogP contribution in [0.4, 0.5) is 0 Å². The molecule has 0 saturated carbocycles. The van der Waals surface area contributed by atoms with Crippen LogP contribution >= 0.6 is 0 Å². The molecule has 0 spiro atoms. The normalized spacial score (nSPS) is 29.0. The molecule has 0 bridgehead atoms. The molecule has 5 heteroatoms. The van der Waals surface area contributed by atoms with E-state index in [1.165, 1.54) is 0 Å². The third-order valence-corrected chi connectivity index (χ3v) is 4.12. The summed E-state index contributed by atoms with van der Waals surface area (Å²) in [5, 5.41) is 12.1. The van der Waals surface area contributed by atoms with Gasteiger partial charge in [-0.3, -0.25) is 9.00 Å². The molecule has 15 heavy (non-hydrogen) atoms. The molecule has 2 N–H and O–H groups in total. The molecule has 0 amide bonds. The molecule has 1 fully saturated rings. The van der Waals surface area contributed by atoms with E-state index in [0.29, 0.717) is 11.5 Å². The van der Waals surface area contributed by atoms with Gasteiger partial charge in [0.25, 0.3) is 0 Å². The zero-order valence-electron chi connectivity index (χ0n) is 9.23. The first kappa shape index (κ1) is 12.6. The second kappa shape index (κ2) is 5.61. The first-order valence-electron chi connectivity index (χ1n) is 5.34. The van der Waals surface area contributed by atoms with Gasteiger partial charge in [0, 0.05) is 28.3 Å². The molecule has 1 saturated heterocycles. The van der Waals surface area contributed by atoms with E-state index in [9.17, 15) is 9.00 Å². The molecule has 0 aromatic rings. The van der Waals surface area contributed by atoms with Gasteiger partial charge in [-0.15, -0.1) is 0 Å². The number of carboxylic acid groups (broad SMARTS) is 1. The van der Waals surface area contributed by atoms with Gasteiger partial charge in [0.05, 0.1) is 0 Å². The van der Waals surface area contributed by atoms with Crippen molar-refractivity contribution >= 4 is 16.8 Å². The van der Waals surface area contributed by atoms with Crippen LogP contribution in [0, 0.1) is 5.92 Å². The van der Waals surface area contributed by atoms with Crippen molar-refractivity contribution in [3.63, 3.8) is 0 Å². The summed E-state index contributed by atoms with van der Waals surface area (Å²) in [6, 6.07) is -0.271. The van der Waals surface area contributed by atoms with Crippen LogP contribution in [-0.2, 0) is 15.6 Å². The fraction of sp³-hybridized carbons (Fsp3) is 0.900. The van der Waals surface area contributed by atoms with Crippen molar-refractivity contribution in [2.45, 2.75) is 38.8 Å². The van der Waals surface area contributed by atoms with Crippen molar-refractivity contribution in [1.29, 1.82) is 0 Å². The lowest BCUT2D eigenvalue weighted by Crippen LogP contribution is -2.48. The minimum atomic E-state index is -0.795. The van der Waals surface area contributed by atoms with Crippen molar-refractivity contribution in [3.05, 3.63) is 0 Å². The van der Waals surface area contributed by atoms with E-state index in [4.69, 9.17) is 5.11 Å². The third-order valence-electron chi connectivity index (χ3n) is 2.74. The minimum absolute atomic E-state index is 0.0786.